The van der Waals surface area contributed by atoms with Crippen LogP contribution in [0.1, 0.15) is 0 Å². The summed E-state index contributed by atoms with van der Waals surface area (Å²) in [4.78, 5) is 11.1. The number of rotatable bonds is 1. The van der Waals surface area contributed by atoms with Gasteiger partial charge in [-0.1, -0.05) is 12.1 Å². The molecule has 1 aromatic heterocycles. The molecule has 6 heteroatoms. The first kappa shape index (κ1) is 8.00. The van der Waals surface area contributed by atoms with E-state index in [2.05, 4.69) is 5.10 Å². The monoisotopic (exact) mass is 197 g/mol. The van der Waals surface area contributed by atoms with Gasteiger partial charge < -0.3 is 10.1 Å². The van der Waals surface area contributed by atoms with Gasteiger partial charge in [0.25, 0.3) is 5.15 Å². The first-order chi connectivity index (χ1) is 6.20. The van der Waals surface area contributed by atoms with E-state index in [1.165, 1.54) is 0 Å². The SMILES string of the molecule is O=[N+]([O-])n1nc(Cl)c2ccccc21. The first-order valence-electron chi connectivity index (χ1n) is 3.48. The zero-order chi connectivity index (χ0) is 9.42. The molecule has 13 heavy (non-hydrogen) atoms. The van der Waals surface area contributed by atoms with E-state index in [1.54, 1.807) is 24.3 Å². The molecular weight excluding hydrogens is 194 g/mol. The molecule has 0 aliphatic heterocycles. The predicted molar refractivity (Wildman–Crippen MR) is 47.1 cm³/mol. The molecule has 0 spiro atoms. The van der Waals surface area contributed by atoms with Crippen LogP contribution in [0, 0.1) is 10.1 Å². The number of halogens is 1. The molecule has 0 saturated heterocycles. The Morgan fingerprint density at radius 1 is 1.46 bits per heavy atom. The molecule has 0 unspecified atom stereocenters. The van der Waals surface area contributed by atoms with Crippen LogP contribution in [0.25, 0.3) is 10.9 Å². The number of para-hydroxylation sites is 1. The van der Waals surface area contributed by atoms with Crippen molar-refractivity contribution in [2.45, 2.75) is 0 Å². The van der Waals surface area contributed by atoms with Crippen molar-refractivity contribution in [2.24, 2.45) is 0 Å². The van der Waals surface area contributed by atoms with Crippen molar-refractivity contribution >= 4 is 22.5 Å². The maximum absolute atomic E-state index is 10.5. The molecule has 0 bridgehead atoms. The molecule has 2 aromatic rings. The van der Waals surface area contributed by atoms with Gasteiger partial charge in [-0.25, -0.2) is 0 Å². The summed E-state index contributed by atoms with van der Waals surface area (Å²) in [7, 11) is 0. The summed E-state index contributed by atoms with van der Waals surface area (Å²) < 4.78 is 0. The highest BCUT2D eigenvalue weighted by Gasteiger charge is 2.16. The summed E-state index contributed by atoms with van der Waals surface area (Å²) in [6.45, 7) is 0. The maximum atomic E-state index is 10.5. The third-order valence-electron chi connectivity index (χ3n) is 1.68. The molecule has 0 fully saturated rings. The van der Waals surface area contributed by atoms with Crippen LogP contribution >= 0.6 is 11.6 Å². The Hall–Kier alpha value is -1.62. The van der Waals surface area contributed by atoms with Gasteiger partial charge in [0.05, 0.1) is 15.5 Å². The number of hydrogen-bond acceptors (Lipinski definition) is 3. The smallest absolute Gasteiger partial charge is 0.277 e. The van der Waals surface area contributed by atoms with Crippen molar-refractivity contribution in [3.8, 4) is 0 Å². The average molecular weight is 198 g/mol. The van der Waals surface area contributed by atoms with E-state index in [-0.39, 0.29) is 5.15 Å². The van der Waals surface area contributed by atoms with E-state index in [9.17, 15) is 10.1 Å². The minimum atomic E-state index is -0.617. The minimum Gasteiger partial charge on any atom is -0.339 e. The Kier molecular flexibility index (Phi) is 1.66. The number of fused-ring (bicyclic) bond motifs is 1. The summed E-state index contributed by atoms with van der Waals surface area (Å²) in [6, 6.07) is 6.72. The van der Waals surface area contributed by atoms with Crippen molar-refractivity contribution in [3.05, 3.63) is 39.5 Å². The van der Waals surface area contributed by atoms with Crippen molar-refractivity contribution in [1.29, 1.82) is 0 Å². The molecule has 0 atom stereocenters. The molecule has 1 aromatic carbocycles. The van der Waals surface area contributed by atoms with Gasteiger partial charge in [-0.15, -0.1) is 0 Å². The summed E-state index contributed by atoms with van der Waals surface area (Å²) in [5.41, 5.74) is 0.400. The van der Waals surface area contributed by atoms with Gasteiger partial charge in [0.1, 0.15) is 5.52 Å². The first-order valence-corrected chi connectivity index (χ1v) is 3.86. The molecule has 0 aliphatic carbocycles. The van der Waals surface area contributed by atoms with Gasteiger partial charge in [-0.05, 0) is 23.7 Å². The van der Waals surface area contributed by atoms with Crippen LogP contribution in [-0.4, -0.2) is 14.9 Å². The van der Waals surface area contributed by atoms with Crippen LogP contribution < -0.4 is 0 Å². The normalized spacial score (nSPS) is 10.5. The Bertz CT molecular complexity index is 480. The lowest BCUT2D eigenvalue weighted by molar-refractivity contribution is -0.548. The van der Waals surface area contributed by atoms with E-state index in [1.807, 2.05) is 0 Å². The molecule has 0 N–H and O–H groups in total. The number of aromatic nitrogens is 2. The molecule has 0 aliphatic rings. The Morgan fingerprint density at radius 3 is 2.85 bits per heavy atom. The summed E-state index contributed by atoms with van der Waals surface area (Å²) in [5, 5.41) is 14.2. The van der Waals surface area contributed by atoms with E-state index in [0.717, 1.165) is 0 Å². The summed E-state index contributed by atoms with van der Waals surface area (Å²) in [6.07, 6.45) is 0. The predicted octanol–water partition coefficient (Wildman–Crippen LogP) is 1.73. The standard InChI is InChI=1S/C7H4ClN3O2/c8-7-5-3-1-2-4-6(5)10(9-7)11(12)13/h1-4H. The quantitative estimate of drug-likeness (QED) is 0.517. The van der Waals surface area contributed by atoms with Gasteiger partial charge in [-0.2, -0.15) is 0 Å². The van der Waals surface area contributed by atoms with Crippen molar-refractivity contribution < 1.29 is 5.03 Å². The molecule has 66 valence electrons. The Balaban J connectivity index is 2.85. The van der Waals surface area contributed by atoms with E-state index >= 15 is 0 Å². The van der Waals surface area contributed by atoms with E-state index in [0.29, 0.717) is 15.7 Å². The Labute approximate surface area is 77.6 Å². The molecule has 0 amide bonds. The third-order valence-corrected chi connectivity index (χ3v) is 1.96. The topological polar surface area (TPSA) is 61.0 Å². The lowest BCUT2D eigenvalue weighted by Gasteiger charge is -1.91. The van der Waals surface area contributed by atoms with Crippen molar-refractivity contribution in [1.82, 2.24) is 9.89 Å². The molecule has 5 nitrogen and oxygen atoms in total. The summed E-state index contributed by atoms with van der Waals surface area (Å²) >= 11 is 5.69. The number of nitro groups is 1. The highest BCUT2D eigenvalue weighted by Crippen LogP contribution is 2.21. The van der Waals surface area contributed by atoms with Crippen LogP contribution in [0.5, 0.6) is 0 Å². The van der Waals surface area contributed by atoms with E-state index < -0.39 is 5.03 Å². The van der Waals surface area contributed by atoms with Gasteiger partial charge in [-0.3, -0.25) is 0 Å². The second kappa shape index (κ2) is 2.70. The molecular formula is C7H4ClN3O2. The van der Waals surface area contributed by atoms with Crippen LogP contribution in [0.3, 0.4) is 0 Å². The summed E-state index contributed by atoms with van der Waals surface area (Å²) in [5.74, 6) is 0. The highest BCUT2D eigenvalue weighted by molar-refractivity contribution is 6.34. The fourth-order valence-electron chi connectivity index (χ4n) is 1.14. The number of benzene rings is 1. The van der Waals surface area contributed by atoms with Crippen LogP contribution in [0.4, 0.5) is 0 Å². The largest absolute Gasteiger partial charge is 0.339 e. The van der Waals surface area contributed by atoms with Crippen LogP contribution in [-0.2, 0) is 0 Å². The fraction of sp³-hybridized carbons (Fsp3) is 0. The molecule has 1 heterocycles. The average Bonchev–Trinajstić information content (AvgIpc) is 2.45. The zero-order valence-electron chi connectivity index (χ0n) is 6.35. The molecule has 2 rings (SSSR count). The van der Waals surface area contributed by atoms with Crippen molar-refractivity contribution in [3.63, 3.8) is 0 Å². The fourth-order valence-corrected chi connectivity index (χ4v) is 1.37. The lowest BCUT2D eigenvalue weighted by atomic mass is 10.3. The zero-order valence-corrected chi connectivity index (χ0v) is 7.10. The van der Waals surface area contributed by atoms with Crippen LogP contribution in [0.15, 0.2) is 24.3 Å². The number of hydrogen-bond donors (Lipinski definition) is 0. The van der Waals surface area contributed by atoms with Gasteiger partial charge in [0.2, 0.25) is 0 Å². The minimum absolute atomic E-state index is 0.146. The van der Waals surface area contributed by atoms with Gasteiger partial charge in [0, 0.05) is 4.79 Å². The number of nitrogens with zero attached hydrogens (tertiary/aromatic N) is 3. The van der Waals surface area contributed by atoms with Gasteiger partial charge in [0.15, 0.2) is 0 Å². The highest BCUT2D eigenvalue weighted by atomic mass is 35.5. The third kappa shape index (κ3) is 1.13. The van der Waals surface area contributed by atoms with Crippen molar-refractivity contribution in [2.75, 3.05) is 0 Å². The second-order valence-electron chi connectivity index (χ2n) is 2.44. The maximum Gasteiger partial charge on any atom is 0.277 e. The molecule has 0 radical (unpaired) electrons. The van der Waals surface area contributed by atoms with E-state index in [4.69, 9.17) is 11.6 Å². The van der Waals surface area contributed by atoms with Crippen LogP contribution in [0.2, 0.25) is 5.15 Å². The lowest BCUT2D eigenvalue weighted by Crippen LogP contribution is -2.09. The Morgan fingerprint density at radius 2 is 2.15 bits per heavy atom. The second-order valence-corrected chi connectivity index (χ2v) is 2.79. The van der Waals surface area contributed by atoms with Gasteiger partial charge >= 0.3 is 0 Å². The molecule has 0 saturated carbocycles.